The van der Waals surface area contributed by atoms with Crippen LogP contribution in [0, 0.1) is 0 Å². The molecule has 0 fully saturated rings. The van der Waals surface area contributed by atoms with Crippen LogP contribution in [0.25, 0.3) is 5.53 Å². The molecule has 0 saturated carbocycles. The van der Waals surface area contributed by atoms with Crippen LogP contribution >= 0.6 is 0 Å². The number of methoxy groups -OCH3 is 1. The number of carboxylic acids is 1. The summed E-state index contributed by atoms with van der Waals surface area (Å²) in [5.74, 6) is -2.57. The summed E-state index contributed by atoms with van der Waals surface area (Å²) in [5.41, 5.74) is 8.49. The van der Waals surface area contributed by atoms with Gasteiger partial charge in [-0.15, -0.1) is 0 Å². The Morgan fingerprint density at radius 3 is 2.78 bits per heavy atom. The quantitative estimate of drug-likeness (QED) is 0.349. The standard InChI is InChI=1S/C13H15N5O5/c1-23-11(9-4-5-15-7-16-9)12(20)18-10(13(21)22)3-2-8(19)6-17-14/h4-7,10-11H,2-3H2,1H3,(H,18,20)(H,21,22)/t10-,11+/m0/s1. The highest BCUT2D eigenvalue weighted by atomic mass is 16.5. The van der Waals surface area contributed by atoms with E-state index in [1.54, 1.807) is 0 Å². The first-order valence-electron chi connectivity index (χ1n) is 6.51. The lowest BCUT2D eigenvalue weighted by molar-refractivity contribution is -0.144. The summed E-state index contributed by atoms with van der Waals surface area (Å²) in [6.45, 7) is 0. The van der Waals surface area contributed by atoms with Gasteiger partial charge in [0.1, 0.15) is 12.4 Å². The first kappa shape index (κ1) is 18.1. The molecule has 0 aliphatic heterocycles. The van der Waals surface area contributed by atoms with Gasteiger partial charge in [0, 0.05) is 19.7 Å². The molecule has 0 aromatic carbocycles. The Labute approximate surface area is 131 Å². The molecule has 1 amide bonds. The number of ketones is 1. The van der Waals surface area contributed by atoms with Crippen molar-refractivity contribution in [1.82, 2.24) is 15.3 Å². The van der Waals surface area contributed by atoms with Crippen molar-refractivity contribution in [1.29, 1.82) is 0 Å². The van der Waals surface area contributed by atoms with Crippen LogP contribution in [0.15, 0.2) is 18.6 Å². The molecule has 122 valence electrons. The summed E-state index contributed by atoms with van der Waals surface area (Å²) in [7, 11) is 1.28. The predicted molar refractivity (Wildman–Crippen MR) is 75.3 cm³/mol. The minimum absolute atomic E-state index is 0.161. The molecule has 1 heterocycles. The van der Waals surface area contributed by atoms with E-state index >= 15 is 0 Å². The van der Waals surface area contributed by atoms with Gasteiger partial charge < -0.3 is 20.7 Å². The summed E-state index contributed by atoms with van der Waals surface area (Å²) >= 11 is 0. The van der Waals surface area contributed by atoms with Crippen molar-refractivity contribution >= 4 is 23.9 Å². The van der Waals surface area contributed by atoms with Crippen molar-refractivity contribution in [2.45, 2.75) is 25.0 Å². The maximum absolute atomic E-state index is 12.1. The maximum Gasteiger partial charge on any atom is 0.326 e. The van der Waals surface area contributed by atoms with E-state index in [1.165, 1.54) is 25.7 Å². The summed E-state index contributed by atoms with van der Waals surface area (Å²) in [6, 6.07) is 0.170. The second-order valence-corrected chi connectivity index (χ2v) is 4.40. The van der Waals surface area contributed by atoms with E-state index in [4.69, 9.17) is 15.4 Å². The van der Waals surface area contributed by atoms with Gasteiger partial charge in [-0.2, -0.15) is 4.79 Å². The number of Topliss-reactive ketones (excluding diaryl/α,β-unsaturated/α-hetero) is 1. The number of hydrogen-bond donors (Lipinski definition) is 2. The molecule has 0 saturated heterocycles. The zero-order valence-electron chi connectivity index (χ0n) is 12.2. The molecule has 0 aliphatic carbocycles. The van der Waals surface area contributed by atoms with Crippen LogP contribution in [0.3, 0.4) is 0 Å². The number of carbonyl (C=O) groups is 3. The molecule has 1 aromatic heterocycles. The number of carboxylic acid groups (broad SMARTS) is 1. The van der Waals surface area contributed by atoms with Gasteiger partial charge in [-0.05, 0) is 12.5 Å². The Bertz CT molecular complexity index is 614. The molecule has 0 bridgehead atoms. The summed E-state index contributed by atoms with van der Waals surface area (Å²) in [4.78, 5) is 44.7. The van der Waals surface area contributed by atoms with E-state index in [0.29, 0.717) is 6.21 Å². The second kappa shape index (κ2) is 9.13. The van der Waals surface area contributed by atoms with E-state index in [2.05, 4.69) is 20.1 Å². The zero-order valence-corrected chi connectivity index (χ0v) is 12.2. The lowest BCUT2D eigenvalue weighted by Crippen LogP contribution is -2.43. The second-order valence-electron chi connectivity index (χ2n) is 4.40. The molecule has 10 nitrogen and oxygen atoms in total. The molecule has 0 unspecified atom stereocenters. The number of amides is 1. The first-order chi connectivity index (χ1) is 11.0. The first-order valence-corrected chi connectivity index (χ1v) is 6.51. The predicted octanol–water partition coefficient (Wildman–Crippen LogP) is -0.617. The normalized spacial score (nSPS) is 12.6. The number of nitrogens with one attached hydrogen (secondary N) is 1. The Hall–Kier alpha value is -2.97. The fourth-order valence-electron chi connectivity index (χ4n) is 1.74. The van der Waals surface area contributed by atoms with Gasteiger partial charge in [0.15, 0.2) is 6.10 Å². The lowest BCUT2D eigenvalue weighted by atomic mass is 10.1. The summed E-state index contributed by atoms with van der Waals surface area (Å²) in [6.07, 6.45) is 1.85. The molecule has 1 aromatic rings. The van der Waals surface area contributed by atoms with Crippen molar-refractivity contribution < 1.29 is 29.0 Å². The fraction of sp³-hybridized carbons (Fsp3) is 0.385. The Morgan fingerprint density at radius 1 is 1.52 bits per heavy atom. The summed E-state index contributed by atoms with van der Waals surface area (Å²) in [5, 5.41) is 11.4. The lowest BCUT2D eigenvalue weighted by Gasteiger charge is -2.18. The molecule has 2 atom stereocenters. The molecule has 0 radical (unpaired) electrons. The van der Waals surface area contributed by atoms with Crippen LogP contribution in [-0.4, -0.2) is 56.9 Å². The molecule has 2 N–H and O–H groups in total. The number of aromatic nitrogens is 2. The molecule has 0 aliphatic rings. The average molecular weight is 321 g/mol. The van der Waals surface area contributed by atoms with E-state index in [0.717, 1.165) is 0 Å². The highest BCUT2D eigenvalue weighted by molar-refractivity contribution is 6.25. The van der Waals surface area contributed by atoms with Crippen LogP contribution in [0.5, 0.6) is 0 Å². The fourth-order valence-corrected chi connectivity index (χ4v) is 1.74. The number of hydrogen-bond acceptors (Lipinski definition) is 6. The van der Waals surface area contributed by atoms with Crippen molar-refractivity contribution in [3.63, 3.8) is 0 Å². The van der Waals surface area contributed by atoms with Gasteiger partial charge in [0.2, 0.25) is 5.78 Å². The summed E-state index contributed by atoms with van der Waals surface area (Å²) < 4.78 is 5.03. The molecular formula is C13H15N5O5. The van der Waals surface area contributed by atoms with Gasteiger partial charge in [0.25, 0.3) is 5.91 Å². The van der Waals surface area contributed by atoms with Gasteiger partial charge >= 0.3 is 12.2 Å². The van der Waals surface area contributed by atoms with E-state index in [1.807, 2.05) is 0 Å². The third-order valence-electron chi connectivity index (χ3n) is 2.84. The Morgan fingerprint density at radius 2 is 2.26 bits per heavy atom. The molecule has 0 spiro atoms. The average Bonchev–Trinajstić information content (AvgIpc) is 2.53. The highest BCUT2D eigenvalue weighted by Crippen LogP contribution is 2.14. The van der Waals surface area contributed by atoms with E-state index < -0.39 is 29.8 Å². The smallest absolute Gasteiger partial charge is 0.326 e. The minimum Gasteiger partial charge on any atom is -0.480 e. The van der Waals surface area contributed by atoms with Crippen LogP contribution in [0.1, 0.15) is 24.6 Å². The Balaban J connectivity index is 2.74. The topological polar surface area (TPSA) is 155 Å². The van der Waals surface area contributed by atoms with Gasteiger partial charge in [-0.25, -0.2) is 14.8 Å². The van der Waals surface area contributed by atoms with Crippen LogP contribution < -0.4 is 5.32 Å². The van der Waals surface area contributed by atoms with Gasteiger partial charge in [-0.3, -0.25) is 9.59 Å². The number of aliphatic carboxylic acids is 1. The maximum atomic E-state index is 12.1. The highest BCUT2D eigenvalue weighted by Gasteiger charge is 2.27. The SMILES string of the molecule is CO[C@@H](C(=O)N[C@@H](CCC(=O)C=[N+]=[N-])C(=O)O)c1ccncn1. The van der Waals surface area contributed by atoms with E-state index in [-0.39, 0.29) is 18.5 Å². The largest absolute Gasteiger partial charge is 0.480 e. The third kappa shape index (κ3) is 5.73. The van der Waals surface area contributed by atoms with Gasteiger partial charge in [0.05, 0.1) is 5.69 Å². The van der Waals surface area contributed by atoms with Crippen molar-refractivity contribution in [3.05, 3.63) is 29.8 Å². The number of rotatable bonds is 9. The van der Waals surface area contributed by atoms with Gasteiger partial charge in [-0.1, -0.05) is 0 Å². The third-order valence-corrected chi connectivity index (χ3v) is 2.84. The van der Waals surface area contributed by atoms with E-state index in [9.17, 15) is 14.4 Å². The van der Waals surface area contributed by atoms with Crippen molar-refractivity contribution in [3.8, 4) is 0 Å². The number of carbonyl (C=O) groups excluding carboxylic acids is 2. The Kier molecular flexibility index (Phi) is 7.18. The van der Waals surface area contributed by atoms with Crippen LogP contribution in [-0.2, 0) is 19.1 Å². The molecule has 10 heteroatoms. The van der Waals surface area contributed by atoms with Crippen molar-refractivity contribution in [2.75, 3.05) is 7.11 Å². The molecule has 23 heavy (non-hydrogen) atoms. The number of ether oxygens (including phenoxy) is 1. The van der Waals surface area contributed by atoms with Crippen molar-refractivity contribution in [2.24, 2.45) is 0 Å². The molecular weight excluding hydrogens is 306 g/mol. The minimum atomic E-state index is -1.30. The van der Waals surface area contributed by atoms with Crippen LogP contribution in [0.4, 0.5) is 0 Å². The zero-order chi connectivity index (χ0) is 17.2. The molecule has 1 rings (SSSR count). The monoisotopic (exact) mass is 321 g/mol. The van der Waals surface area contributed by atoms with Crippen LogP contribution in [0.2, 0.25) is 0 Å². The number of nitrogens with zero attached hydrogens (tertiary/aromatic N) is 4.